The topological polar surface area (TPSA) is 52.9 Å². The smallest absolute Gasteiger partial charge is 0.252 e. The summed E-state index contributed by atoms with van der Waals surface area (Å²) in [5.74, 6) is 0.319. The van der Waals surface area contributed by atoms with Gasteiger partial charge in [0.05, 0.1) is 6.07 Å². The minimum absolute atomic E-state index is 0.135. The number of carbonyl (C=O) groups is 1. The zero-order valence-electron chi connectivity index (χ0n) is 12.3. The molecule has 1 aromatic carbocycles. The molecule has 1 fully saturated rings. The first-order valence-corrected chi connectivity index (χ1v) is 7.40. The fourth-order valence-corrected chi connectivity index (χ4v) is 2.73. The van der Waals surface area contributed by atoms with E-state index >= 15 is 0 Å². The summed E-state index contributed by atoms with van der Waals surface area (Å²) >= 11 is 0. The molecule has 0 radical (unpaired) electrons. The van der Waals surface area contributed by atoms with Crippen LogP contribution >= 0.6 is 0 Å². The molecule has 0 unspecified atom stereocenters. The van der Waals surface area contributed by atoms with E-state index in [1.165, 1.54) is 5.56 Å². The van der Waals surface area contributed by atoms with Gasteiger partial charge in [-0.15, -0.1) is 0 Å². The summed E-state index contributed by atoms with van der Waals surface area (Å²) in [7, 11) is 0. The van der Waals surface area contributed by atoms with Crippen molar-refractivity contribution in [3.05, 3.63) is 35.4 Å². The number of nitriles is 1. The van der Waals surface area contributed by atoms with E-state index < -0.39 is 5.54 Å². The predicted molar refractivity (Wildman–Crippen MR) is 79.4 cm³/mol. The molecule has 1 aliphatic carbocycles. The van der Waals surface area contributed by atoms with E-state index in [0.717, 1.165) is 32.1 Å². The molecule has 2 rings (SSSR count). The second-order valence-corrected chi connectivity index (χ2v) is 5.99. The summed E-state index contributed by atoms with van der Waals surface area (Å²) < 4.78 is 0. The molecule has 1 amide bonds. The molecule has 1 saturated carbocycles. The van der Waals surface area contributed by atoms with Gasteiger partial charge in [0.1, 0.15) is 5.54 Å². The van der Waals surface area contributed by atoms with Crippen molar-refractivity contribution in [3.8, 4) is 6.07 Å². The van der Waals surface area contributed by atoms with Crippen molar-refractivity contribution in [2.45, 2.75) is 57.4 Å². The van der Waals surface area contributed by atoms with Crippen LogP contribution in [0.15, 0.2) is 24.3 Å². The average molecular weight is 270 g/mol. The van der Waals surface area contributed by atoms with Crippen LogP contribution in [-0.4, -0.2) is 11.4 Å². The number of carbonyl (C=O) groups excluding carboxylic acids is 1. The molecule has 1 N–H and O–H groups in total. The van der Waals surface area contributed by atoms with Crippen LogP contribution in [-0.2, 0) is 0 Å². The zero-order valence-corrected chi connectivity index (χ0v) is 12.3. The van der Waals surface area contributed by atoms with Crippen LogP contribution in [0.2, 0.25) is 0 Å². The maximum atomic E-state index is 12.3. The lowest BCUT2D eigenvalue weighted by atomic mass is 9.82. The molecule has 0 aliphatic heterocycles. The van der Waals surface area contributed by atoms with Crippen LogP contribution < -0.4 is 5.32 Å². The Morgan fingerprint density at radius 3 is 2.30 bits per heavy atom. The molecule has 0 atom stereocenters. The van der Waals surface area contributed by atoms with Crippen molar-refractivity contribution in [1.82, 2.24) is 5.32 Å². The van der Waals surface area contributed by atoms with Crippen molar-refractivity contribution in [3.63, 3.8) is 0 Å². The number of rotatable bonds is 3. The van der Waals surface area contributed by atoms with E-state index in [-0.39, 0.29) is 5.91 Å². The van der Waals surface area contributed by atoms with Crippen LogP contribution in [0, 0.1) is 11.3 Å². The van der Waals surface area contributed by atoms with Gasteiger partial charge in [0.25, 0.3) is 5.91 Å². The Morgan fingerprint density at radius 1 is 1.20 bits per heavy atom. The summed E-state index contributed by atoms with van der Waals surface area (Å²) in [5.41, 5.74) is 1.19. The van der Waals surface area contributed by atoms with Gasteiger partial charge in [0.2, 0.25) is 0 Å². The van der Waals surface area contributed by atoms with E-state index in [0.29, 0.717) is 11.5 Å². The SMILES string of the molecule is CC(C)c1ccc(C(=O)NC2(C#N)CCCCC2)cc1. The maximum Gasteiger partial charge on any atom is 0.252 e. The molecule has 20 heavy (non-hydrogen) atoms. The third-order valence-electron chi connectivity index (χ3n) is 4.11. The molecule has 1 aromatic rings. The van der Waals surface area contributed by atoms with E-state index in [2.05, 4.69) is 25.2 Å². The highest BCUT2D eigenvalue weighted by Gasteiger charge is 2.33. The van der Waals surface area contributed by atoms with Crippen molar-refractivity contribution in [2.24, 2.45) is 0 Å². The highest BCUT2D eigenvalue weighted by molar-refractivity contribution is 5.95. The van der Waals surface area contributed by atoms with Crippen LogP contribution in [0.5, 0.6) is 0 Å². The summed E-state index contributed by atoms with van der Waals surface area (Å²) in [6.07, 6.45) is 4.71. The van der Waals surface area contributed by atoms with Gasteiger partial charge in [-0.3, -0.25) is 4.79 Å². The number of hydrogen-bond donors (Lipinski definition) is 1. The number of benzene rings is 1. The third-order valence-corrected chi connectivity index (χ3v) is 4.11. The fourth-order valence-electron chi connectivity index (χ4n) is 2.73. The van der Waals surface area contributed by atoms with Crippen molar-refractivity contribution in [1.29, 1.82) is 5.26 Å². The molecule has 106 valence electrons. The van der Waals surface area contributed by atoms with Crippen molar-refractivity contribution in [2.75, 3.05) is 0 Å². The highest BCUT2D eigenvalue weighted by atomic mass is 16.1. The largest absolute Gasteiger partial charge is 0.334 e. The van der Waals surface area contributed by atoms with Gasteiger partial charge in [-0.25, -0.2) is 0 Å². The molecular weight excluding hydrogens is 248 g/mol. The zero-order chi connectivity index (χ0) is 14.6. The normalized spacial score (nSPS) is 17.5. The summed E-state index contributed by atoms with van der Waals surface area (Å²) in [5, 5.41) is 12.3. The first-order chi connectivity index (χ1) is 9.56. The van der Waals surface area contributed by atoms with Gasteiger partial charge in [-0.2, -0.15) is 5.26 Å². The summed E-state index contributed by atoms with van der Waals surface area (Å²) in [6, 6.07) is 9.98. The lowest BCUT2D eigenvalue weighted by Crippen LogP contribution is -2.48. The first kappa shape index (κ1) is 14.6. The molecule has 0 heterocycles. The minimum atomic E-state index is -0.661. The molecule has 0 saturated heterocycles. The molecule has 0 aromatic heterocycles. The predicted octanol–water partition coefficient (Wildman–Crippen LogP) is 3.77. The van der Waals surface area contributed by atoms with Crippen molar-refractivity contribution >= 4 is 5.91 Å². The second-order valence-electron chi connectivity index (χ2n) is 5.99. The molecule has 3 heteroatoms. The molecule has 0 spiro atoms. The Kier molecular flexibility index (Phi) is 4.44. The second kappa shape index (κ2) is 6.09. The van der Waals surface area contributed by atoms with Crippen LogP contribution in [0.3, 0.4) is 0 Å². The average Bonchev–Trinajstić information content (AvgIpc) is 2.48. The standard InChI is InChI=1S/C17H22N2O/c1-13(2)14-6-8-15(9-7-14)16(20)19-17(12-18)10-4-3-5-11-17/h6-9,13H,3-5,10-11H2,1-2H3,(H,19,20). The Bertz CT molecular complexity index is 505. The monoisotopic (exact) mass is 270 g/mol. The van der Waals surface area contributed by atoms with E-state index in [1.807, 2.05) is 24.3 Å². The fraction of sp³-hybridized carbons (Fsp3) is 0.529. The van der Waals surface area contributed by atoms with Gasteiger partial charge in [-0.1, -0.05) is 45.2 Å². The van der Waals surface area contributed by atoms with Crippen LogP contribution in [0.1, 0.15) is 67.8 Å². The Morgan fingerprint density at radius 2 is 1.80 bits per heavy atom. The summed E-state index contributed by atoms with van der Waals surface area (Å²) in [6.45, 7) is 4.25. The highest BCUT2D eigenvalue weighted by Crippen LogP contribution is 2.28. The van der Waals surface area contributed by atoms with E-state index in [1.54, 1.807) is 0 Å². The molecule has 0 bridgehead atoms. The number of hydrogen-bond acceptors (Lipinski definition) is 2. The Hall–Kier alpha value is -1.82. The van der Waals surface area contributed by atoms with Crippen molar-refractivity contribution < 1.29 is 4.79 Å². The van der Waals surface area contributed by atoms with E-state index in [4.69, 9.17) is 0 Å². The van der Waals surface area contributed by atoms with Gasteiger partial charge < -0.3 is 5.32 Å². The molecule has 1 aliphatic rings. The van der Waals surface area contributed by atoms with Crippen LogP contribution in [0.25, 0.3) is 0 Å². The number of amides is 1. The van der Waals surface area contributed by atoms with Crippen LogP contribution in [0.4, 0.5) is 0 Å². The van der Waals surface area contributed by atoms with Gasteiger partial charge in [0, 0.05) is 5.56 Å². The number of nitrogens with zero attached hydrogens (tertiary/aromatic N) is 1. The third kappa shape index (κ3) is 3.19. The van der Waals surface area contributed by atoms with Gasteiger partial charge >= 0.3 is 0 Å². The molecular formula is C17H22N2O. The maximum absolute atomic E-state index is 12.3. The Balaban J connectivity index is 2.09. The van der Waals surface area contributed by atoms with E-state index in [9.17, 15) is 10.1 Å². The minimum Gasteiger partial charge on any atom is -0.334 e. The van der Waals surface area contributed by atoms with Gasteiger partial charge in [0.15, 0.2) is 0 Å². The summed E-state index contributed by atoms with van der Waals surface area (Å²) in [4.78, 5) is 12.3. The lowest BCUT2D eigenvalue weighted by molar-refractivity contribution is 0.0902. The Labute approximate surface area is 121 Å². The quantitative estimate of drug-likeness (QED) is 0.909. The lowest BCUT2D eigenvalue weighted by Gasteiger charge is -2.31. The first-order valence-electron chi connectivity index (χ1n) is 7.40. The van der Waals surface area contributed by atoms with Gasteiger partial charge in [-0.05, 0) is 36.5 Å². The number of nitrogens with one attached hydrogen (secondary N) is 1. The molecule has 3 nitrogen and oxygen atoms in total.